The van der Waals surface area contributed by atoms with Crippen molar-refractivity contribution in [3.05, 3.63) is 29.8 Å². The van der Waals surface area contributed by atoms with E-state index in [1.807, 2.05) is 6.92 Å². The number of aliphatic hydroxyl groups is 1. The van der Waals surface area contributed by atoms with E-state index in [1.165, 1.54) is 0 Å². The van der Waals surface area contributed by atoms with E-state index in [0.29, 0.717) is 19.8 Å². The average molecular weight is 356 g/mol. The quantitative estimate of drug-likeness (QED) is 0.755. The largest absolute Gasteiger partial charge is 0.389 e. The molecule has 24 heavy (non-hydrogen) atoms. The van der Waals surface area contributed by atoms with Crippen LogP contribution in [-0.2, 0) is 19.5 Å². The Balaban J connectivity index is 1.60. The molecular weight excluding hydrogens is 332 g/mol. The Labute approximate surface area is 142 Å². The number of rotatable bonds is 5. The van der Waals surface area contributed by atoms with Gasteiger partial charge in [-0.25, -0.2) is 13.1 Å². The zero-order chi connectivity index (χ0) is 17.2. The fourth-order valence-corrected chi connectivity index (χ4v) is 4.21. The number of sulfonamides is 1. The first kappa shape index (κ1) is 17.8. The molecule has 2 aliphatic heterocycles. The number of ether oxygens (including phenoxy) is 2. The van der Waals surface area contributed by atoms with Crippen LogP contribution in [0, 0.1) is 6.92 Å². The second-order valence-corrected chi connectivity index (χ2v) is 8.03. The van der Waals surface area contributed by atoms with Crippen molar-refractivity contribution in [2.75, 3.05) is 39.5 Å². The molecule has 0 amide bonds. The highest BCUT2D eigenvalue weighted by atomic mass is 32.2. The van der Waals surface area contributed by atoms with Crippen LogP contribution in [0.2, 0.25) is 0 Å². The lowest BCUT2D eigenvalue weighted by molar-refractivity contribution is -0.0179. The molecule has 2 N–H and O–H groups in total. The van der Waals surface area contributed by atoms with Gasteiger partial charge >= 0.3 is 0 Å². The fraction of sp³-hybridized carbons (Fsp3) is 0.625. The van der Waals surface area contributed by atoms with Crippen molar-refractivity contribution in [1.82, 2.24) is 9.62 Å². The summed E-state index contributed by atoms with van der Waals surface area (Å²) >= 11 is 0. The molecule has 7 nitrogen and oxygen atoms in total. The van der Waals surface area contributed by atoms with E-state index >= 15 is 0 Å². The predicted molar refractivity (Wildman–Crippen MR) is 88.3 cm³/mol. The van der Waals surface area contributed by atoms with E-state index in [1.54, 1.807) is 24.3 Å². The first-order valence-electron chi connectivity index (χ1n) is 8.14. The topological polar surface area (TPSA) is 88.1 Å². The van der Waals surface area contributed by atoms with Gasteiger partial charge in [-0.2, -0.15) is 0 Å². The Bertz CT molecular complexity index is 643. The number of benzene rings is 1. The van der Waals surface area contributed by atoms with Gasteiger partial charge in [0.15, 0.2) is 0 Å². The number of hydrogen-bond acceptors (Lipinski definition) is 6. The maximum absolute atomic E-state index is 12.4. The molecule has 3 rings (SSSR count). The van der Waals surface area contributed by atoms with Gasteiger partial charge in [0.1, 0.15) is 0 Å². The van der Waals surface area contributed by atoms with E-state index in [4.69, 9.17) is 9.47 Å². The first-order chi connectivity index (χ1) is 11.5. The molecule has 3 atom stereocenters. The Morgan fingerprint density at radius 1 is 1.25 bits per heavy atom. The average Bonchev–Trinajstić information content (AvgIpc) is 2.89. The van der Waals surface area contributed by atoms with Crippen LogP contribution in [0.1, 0.15) is 5.56 Å². The smallest absolute Gasteiger partial charge is 0.240 e. The molecule has 2 fully saturated rings. The predicted octanol–water partition coefficient (Wildman–Crippen LogP) is -0.266. The molecule has 0 aliphatic carbocycles. The van der Waals surface area contributed by atoms with Crippen molar-refractivity contribution in [2.24, 2.45) is 0 Å². The van der Waals surface area contributed by atoms with E-state index in [2.05, 4.69) is 9.62 Å². The highest BCUT2D eigenvalue weighted by molar-refractivity contribution is 7.89. The molecule has 0 unspecified atom stereocenters. The molecule has 0 aromatic heterocycles. The number of nitrogens with zero attached hydrogens (tertiary/aromatic N) is 1. The van der Waals surface area contributed by atoms with Gasteiger partial charge in [-0.1, -0.05) is 17.7 Å². The normalized spacial score (nSPS) is 29.0. The first-order valence-corrected chi connectivity index (χ1v) is 9.63. The summed E-state index contributed by atoms with van der Waals surface area (Å²) in [5, 5.41) is 10.4. The van der Waals surface area contributed by atoms with Crippen LogP contribution in [0.3, 0.4) is 0 Å². The highest BCUT2D eigenvalue weighted by Crippen LogP contribution is 2.19. The Morgan fingerprint density at radius 2 is 1.92 bits per heavy atom. The zero-order valence-electron chi connectivity index (χ0n) is 13.7. The maximum Gasteiger partial charge on any atom is 0.240 e. The van der Waals surface area contributed by atoms with Gasteiger partial charge in [0.05, 0.1) is 43.0 Å². The molecule has 2 aliphatic rings. The molecule has 8 heteroatoms. The van der Waals surface area contributed by atoms with Crippen LogP contribution in [-0.4, -0.2) is 76.1 Å². The Morgan fingerprint density at radius 3 is 2.58 bits per heavy atom. The standard InChI is InChI=1S/C16H24N2O5S/c1-12-2-4-13(5-3-12)24(20,21)17-14-11-23-15(16(14)19)10-18-6-8-22-9-7-18/h2-5,14-17,19H,6-11H2,1H3/t14-,15-,16+/m0/s1. The molecule has 2 saturated heterocycles. The SMILES string of the molecule is Cc1ccc(S(=O)(=O)N[C@H]2CO[C@@H](CN3CCOCC3)[C@@H]2O)cc1. The van der Waals surface area contributed by atoms with E-state index in [9.17, 15) is 13.5 Å². The molecule has 1 aromatic carbocycles. The van der Waals surface area contributed by atoms with Crippen molar-refractivity contribution in [1.29, 1.82) is 0 Å². The Hall–Kier alpha value is -1.03. The molecule has 2 heterocycles. The van der Waals surface area contributed by atoms with Crippen molar-refractivity contribution in [3.63, 3.8) is 0 Å². The fourth-order valence-electron chi connectivity index (χ4n) is 2.97. The lowest BCUT2D eigenvalue weighted by Crippen LogP contribution is -2.48. The van der Waals surface area contributed by atoms with Crippen molar-refractivity contribution >= 4 is 10.0 Å². The van der Waals surface area contributed by atoms with Gasteiger partial charge in [-0.05, 0) is 19.1 Å². The van der Waals surface area contributed by atoms with Gasteiger partial charge in [-0.15, -0.1) is 0 Å². The summed E-state index contributed by atoms with van der Waals surface area (Å²) in [6, 6.07) is 5.98. The lowest BCUT2D eigenvalue weighted by Gasteiger charge is -2.29. The number of aryl methyl sites for hydroxylation is 1. The summed E-state index contributed by atoms with van der Waals surface area (Å²) < 4.78 is 38.4. The molecule has 0 saturated carbocycles. The van der Waals surface area contributed by atoms with Gasteiger partial charge in [-0.3, -0.25) is 4.90 Å². The van der Waals surface area contributed by atoms with E-state index in [0.717, 1.165) is 18.7 Å². The summed E-state index contributed by atoms with van der Waals surface area (Å²) in [5.74, 6) is 0. The minimum Gasteiger partial charge on any atom is -0.389 e. The molecular formula is C16H24N2O5S. The van der Waals surface area contributed by atoms with Crippen LogP contribution < -0.4 is 4.72 Å². The van der Waals surface area contributed by atoms with Gasteiger partial charge in [0, 0.05) is 19.6 Å². The van der Waals surface area contributed by atoms with Crippen LogP contribution in [0.5, 0.6) is 0 Å². The van der Waals surface area contributed by atoms with E-state index in [-0.39, 0.29) is 11.5 Å². The second-order valence-electron chi connectivity index (χ2n) is 6.32. The third-order valence-corrected chi connectivity index (χ3v) is 5.97. The highest BCUT2D eigenvalue weighted by Gasteiger charge is 2.39. The summed E-state index contributed by atoms with van der Waals surface area (Å²) in [5.41, 5.74) is 0.990. The summed E-state index contributed by atoms with van der Waals surface area (Å²) in [7, 11) is -3.67. The second kappa shape index (κ2) is 7.47. The molecule has 134 valence electrons. The zero-order valence-corrected chi connectivity index (χ0v) is 14.5. The summed E-state index contributed by atoms with van der Waals surface area (Å²) in [6.07, 6.45) is -1.26. The van der Waals surface area contributed by atoms with Crippen LogP contribution in [0.25, 0.3) is 0 Å². The third-order valence-electron chi connectivity index (χ3n) is 4.46. The lowest BCUT2D eigenvalue weighted by atomic mass is 10.1. The minimum atomic E-state index is -3.67. The van der Waals surface area contributed by atoms with Gasteiger partial charge < -0.3 is 14.6 Å². The molecule has 0 bridgehead atoms. The molecule has 0 radical (unpaired) electrons. The number of hydrogen-bond donors (Lipinski definition) is 2. The number of morpholine rings is 1. The van der Waals surface area contributed by atoms with Gasteiger partial charge in [0.2, 0.25) is 10.0 Å². The maximum atomic E-state index is 12.4. The number of nitrogens with one attached hydrogen (secondary N) is 1. The summed E-state index contributed by atoms with van der Waals surface area (Å²) in [6.45, 7) is 5.58. The molecule has 1 aromatic rings. The van der Waals surface area contributed by atoms with Crippen LogP contribution >= 0.6 is 0 Å². The van der Waals surface area contributed by atoms with E-state index < -0.39 is 28.3 Å². The van der Waals surface area contributed by atoms with Crippen molar-refractivity contribution in [3.8, 4) is 0 Å². The molecule has 0 spiro atoms. The van der Waals surface area contributed by atoms with Crippen LogP contribution in [0.15, 0.2) is 29.2 Å². The Kier molecular flexibility index (Phi) is 5.53. The minimum absolute atomic E-state index is 0.168. The number of aliphatic hydroxyl groups excluding tert-OH is 1. The van der Waals surface area contributed by atoms with Crippen molar-refractivity contribution < 1.29 is 23.0 Å². The van der Waals surface area contributed by atoms with Gasteiger partial charge in [0.25, 0.3) is 0 Å². The summed E-state index contributed by atoms with van der Waals surface area (Å²) in [4.78, 5) is 2.35. The third kappa shape index (κ3) is 4.14. The van der Waals surface area contributed by atoms with Crippen molar-refractivity contribution in [2.45, 2.75) is 30.1 Å². The van der Waals surface area contributed by atoms with Crippen LogP contribution in [0.4, 0.5) is 0 Å². The monoisotopic (exact) mass is 356 g/mol.